The van der Waals surface area contributed by atoms with Crippen LogP contribution in [0.5, 0.6) is 0 Å². The zero-order valence-corrected chi connectivity index (χ0v) is 11.2. The number of thioether (sulfide) groups is 1. The number of carbonyl (C=O) groups is 1. The zero-order valence-electron chi connectivity index (χ0n) is 10.4. The molecular weight excluding hydrogens is 232 g/mol. The molecule has 1 spiro atoms. The number of hydrogen-bond donors (Lipinski definition) is 1. The van der Waals surface area contributed by atoms with Crippen molar-refractivity contribution in [1.82, 2.24) is 10.2 Å². The molecule has 17 heavy (non-hydrogen) atoms. The van der Waals surface area contributed by atoms with E-state index in [0.29, 0.717) is 11.8 Å². The van der Waals surface area contributed by atoms with Gasteiger partial charge in [0.15, 0.2) is 0 Å². The van der Waals surface area contributed by atoms with Gasteiger partial charge < -0.3 is 10.2 Å². The number of nitrogens with zero attached hydrogens (tertiary/aromatic N) is 1. The number of carbonyl (C=O) groups excluding carboxylic acids is 1. The van der Waals surface area contributed by atoms with Crippen molar-refractivity contribution in [2.45, 2.75) is 43.4 Å². The van der Waals surface area contributed by atoms with E-state index < -0.39 is 0 Å². The third kappa shape index (κ3) is 2.10. The second-order valence-electron chi connectivity index (χ2n) is 5.52. The minimum absolute atomic E-state index is 0.158. The third-order valence-corrected chi connectivity index (χ3v) is 6.09. The summed E-state index contributed by atoms with van der Waals surface area (Å²) in [4.78, 5) is 15.0. The highest BCUT2D eigenvalue weighted by molar-refractivity contribution is 8.00. The van der Waals surface area contributed by atoms with E-state index in [1.807, 2.05) is 11.8 Å². The molecule has 3 nitrogen and oxygen atoms in total. The molecule has 0 aromatic carbocycles. The minimum Gasteiger partial charge on any atom is -0.327 e. The normalized spacial score (nSPS) is 29.1. The van der Waals surface area contributed by atoms with Crippen LogP contribution in [0.2, 0.25) is 0 Å². The Hall–Kier alpha value is -0.220. The Kier molecular flexibility index (Phi) is 3.35. The molecule has 1 aliphatic carbocycles. The van der Waals surface area contributed by atoms with E-state index in [2.05, 4.69) is 10.2 Å². The van der Waals surface area contributed by atoms with Crippen LogP contribution in [0, 0.1) is 5.92 Å². The van der Waals surface area contributed by atoms with Crippen molar-refractivity contribution >= 4 is 17.7 Å². The fourth-order valence-electron chi connectivity index (χ4n) is 3.54. The fourth-order valence-corrected chi connectivity index (χ4v) is 5.03. The first-order chi connectivity index (χ1) is 8.32. The summed E-state index contributed by atoms with van der Waals surface area (Å²) in [5.41, 5.74) is 0. The number of amides is 1. The summed E-state index contributed by atoms with van der Waals surface area (Å²) in [5.74, 6) is 1.95. The van der Waals surface area contributed by atoms with Crippen LogP contribution < -0.4 is 5.32 Å². The van der Waals surface area contributed by atoms with Gasteiger partial charge in [-0.2, -0.15) is 0 Å². The van der Waals surface area contributed by atoms with Crippen LogP contribution in [0.4, 0.5) is 0 Å². The van der Waals surface area contributed by atoms with Gasteiger partial charge >= 0.3 is 0 Å². The van der Waals surface area contributed by atoms with Gasteiger partial charge in [0.05, 0.1) is 4.87 Å². The van der Waals surface area contributed by atoms with E-state index in [-0.39, 0.29) is 4.87 Å². The Morgan fingerprint density at radius 3 is 2.65 bits per heavy atom. The first-order valence-electron chi connectivity index (χ1n) is 6.98. The van der Waals surface area contributed by atoms with Gasteiger partial charge in [-0.15, -0.1) is 11.8 Å². The van der Waals surface area contributed by atoms with Crippen molar-refractivity contribution in [1.29, 1.82) is 0 Å². The number of hydrogen-bond acceptors (Lipinski definition) is 3. The second-order valence-corrected chi connectivity index (χ2v) is 6.97. The van der Waals surface area contributed by atoms with Crippen molar-refractivity contribution < 1.29 is 4.79 Å². The summed E-state index contributed by atoms with van der Waals surface area (Å²) in [6, 6.07) is 0. The monoisotopic (exact) mass is 254 g/mol. The van der Waals surface area contributed by atoms with E-state index in [0.717, 1.165) is 51.1 Å². The summed E-state index contributed by atoms with van der Waals surface area (Å²) in [6.07, 6.45) is 7.05. The maximum Gasteiger partial charge on any atom is 0.226 e. The van der Waals surface area contributed by atoms with Gasteiger partial charge in [-0.25, -0.2) is 0 Å². The quantitative estimate of drug-likeness (QED) is 0.775. The topological polar surface area (TPSA) is 32.3 Å². The lowest BCUT2D eigenvalue weighted by atomic mass is 10.00. The highest BCUT2D eigenvalue weighted by atomic mass is 32.2. The third-order valence-electron chi connectivity index (χ3n) is 4.53. The lowest BCUT2D eigenvalue weighted by Gasteiger charge is -2.41. The molecule has 0 aromatic heterocycles. The molecule has 1 amide bonds. The zero-order chi connectivity index (χ0) is 11.7. The van der Waals surface area contributed by atoms with Gasteiger partial charge in [0.2, 0.25) is 5.91 Å². The van der Waals surface area contributed by atoms with Crippen LogP contribution in [-0.2, 0) is 4.79 Å². The van der Waals surface area contributed by atoms with Gasteiger partial charge in [-0.1, -0.05) is 12.8 Å². The molecule has 3 aliphatic rings. The first-order valence-corrected chi connectivity index (χ1v) is 7.97. The average molecular weight is 254 g/mol. The molecule has 1 N–H and O–H groups in total. The molecule has 2 heterocycles. The smallest absolute Gasteiger partial charge is 0.226 e. The molecule has 0 unspecified atom stereocenters. The Bertz CT molecular complexity index is 296. The Morgan fingerprint density at radius 2 is 1.94 bits per heavy atom. The van der Waals surface area contributed by atoms with Crippen LogP contribution in [0.15, 0.2) is 0 Å². The maximum atomic E-state index is 12.6. The van der Waals surface area contributed by atoms with Crippen LogP contribution in [0.3, 0.4) is 0 Å². The second kappa shape index (κ2) is 4.81. The molecule has 3 fully saturated rings. The predicted molar refractivity (Wildman–Crippen MR) is 71.0 cm³/mol. The lowest BCUT2D eigenvalue weighted by molar-refractivity contribution is -0.138. The van der Waals surface area contributed by atoms with E-state index in [9.17, 15) is 4.79 Å². The van der Waals surface area contributed by atoms with Crippen molar-refractivity contribution in [3.8, 4) is 0 Å². The van der Waals surface area contributed by atoms with Gasteiger partial charge in [-0.3, -0.25) is 4.79 Å². The molecule has 4 heteroatoms. The van der Waals surface area contributed by atoms with Gasteiger partial charge in [0.25, 0.3) is 0 Å². The van der Waals surface area contributed by atoms with E-state index in [4.69, 9.17) is 0 Å². The van der Waals surface area contributed by atoms with E-state index >= 15 is 0 Å². The van der Waals surface area contributed by atoms with Crippen molar-refractivity contribution in [3.63, 3.8) is 0 Å². The average Bonchev–Trinajstić information content (AvgIpc) is 2.99. The summed E-state index contributed by atoms with van der Waals surface area (Å²) >= 11 is 2.03. The largest absolute Gasteiger partial charge is 0.327 e. The fraction of sp³-hybridized carbons (Fsp3) is 0.923. The molecule has 0 aromatic rings. The SMILES string of the molecule is O=C(C1CCCC1)N1CCSC12CCNCC2. The standard InChI is InChI=1S/C13H22N2OS/c16-12(11-3-1-2-4-11)15-9-10-17-13(15)5-7-14-8-6-13/h11,14H,1-10H2. The van der Waals surface area contributed by atoms with Gasteiger partial charge in [0.1, 0.15) is 0 Å². The van der Waals surface area contributed by atoms with E-state index in [1.165, 1.54) is 12.8 Å². The van der Waals surface area contributed by atoms with E-state index in [1.54, 1.807) is 0 Å². The number of nitrogens with one attached hydrogen (secondary N) is 1. The molecule has 1 saturated carbocycles. The Morgan fingerprint density at radius 1 is 1.24 bits per heavy atom. The molecule has 0 radical (unpaired) electrons. The summed E-state index contributed by atoms with van der Waals surface area (Å²) in [5, 5.41) is 3.41. The molecule has 0 atom stereocenters. The highest BCUT2D eigenvalue weighted by Gasteiger charge is 2.46. The van der Waals surface area contributed by atoms with Crippen molar-refractivity contribution in [3.05, 3.63) is 0 Å². The van der Waals surface area contributed by atoms with Gasteiger partial charge in [0, 0.05) is 18.2 Å². The van der Waals surface area contributed by atoms with Crippen molar-refractivity contribution in [2.24, 2.45) is 5.92 Å². The lowest BCUT2D eigenvalue weighted by Crippen LogP contribution is -2.52. The van der Waals surface area contributed by atoms with Crippen LogP contribution in [-0.4, -0.2) is 41.1 Å². The summed E-state index contributed by atoms with van der Waals surface area (Å²) < 4.78 is 0. The van der Waals surface area contributed by atoms with Crippen LogP contribution in [0.1, 0.15) is 38.5 Å². The van der Waals surface area contributed by atoms with Crippen molar-refractivity contribution in [2.75, 3.05) is 25.4 Å². The molecule has 3 rings (SSSR count). The Balaban J connectivity index is 1.74. The van der Waals surface area contributed by atoms with Gasteiger partial charge in [-0.05, 0) is 38.8 Å². The molecule has 96 valence electrons. The molecule has 2 aliphatic heterocycles. The van der Waals surface area contributed by atoms with Crippen LogP contribution >= 0.6 is 11.8 Å². The Labute approximate surface area is 108 Å². The number of rotatable bonds is 1. The summed E-state index contributed by atoms with van der Waals surface area (Å²) in [7, 11) is 0. The minimum atomic E-state index is 0.158. The first kappa shape index (κ1) is 11.8. The number of piperidine rings is 1. The highest BCUT2D eigenvalue weighted by Crippen LogP contribution is 2.44. The summed E-state index contributed by atoms with van der Waals surface area (Å²) in [6.45, 7) is 3.13. The predicted octanol–water partition coefficient (Wildman–Crippen LogP) is 1.83. The molecule has 0 bridgehead atoms. The molecular formula is C13H22N2OS. The molecule has 2 saturated heterocycles. The maximum absolute atomic E-state index is 12.6. The van der Waals surface area contributed by atoms with Crippen LogP contribution in [0.25, 0.3) is 0 Å².